The fourth-order valence-electron chi connectivity index (χ4n) is 1.33. The Labute approximate surface area is 95.3 Å². The second-order valence-corrected chi connectivity index (χ2v) is 4.19. The van der Waals surface area contributed by atoms with Gasteiger partial charge in [0.1, 0.15) is 0 Å². The van der Waals surface area contributed by atoms with E-state index in [-0.39, 0.29) is 0 Å². The first-order valence-electron chi connectivity index (χ1n) is 5.28. The molecule has 0 aromatic carbocycles. The van der Waals surface area contributed by atoms with E-state index >= 15 is 0 Å². The largest absolute Gasteiger partial charge is 0.362 e. The van der Waals surface area contributed by atoms with Crippen LogP contribution in [-0.4, -0.2) is 22.7 Å². The fraction of sp³-hybridized carbons (Fsp3) is 0.455. The molecule has 0 atom stereocenters. The maximum atomic E-state index is 5.15. The van der Waals surface area contributed by atoms with Gasteiger partial charge in [-0.15, -0.1) is 0 Å². The molecule has 80 valence electrons. The number of thiocarbonyl (C=S) groups is 1. The van der Waals surface area contributed by atoms with E-state index in [2.05, 4.69) is 15.6 Å². The van der Waals surface area contributed by atoms with E-state index in [0.717, 1.165) is 18.1 Å². The molecule has 1 saturated carbocycles. The van der Waals surface area contributed by atoms with Crippen molar-refractivity contribution in [2.75, 3.05) is 6.54 Å². The minimum atomic E-state index is 0.630. The van der Waals surface area contributed by atoms with Crippen LogP contribution >= 0.6 is 12.2 Å². The molecule has 1 heterocycles. The summed E-state index contributed by atoms with van der Waals surface area (Å²) in [5.74, 6) is 0. The topological polar surface area (TPSA) is 37.0 Å². The lowest BCUT2D eigenvalue weighted by Crippen LogP contribution is -2.37. The zero-order chi connectivity index (χ0) is 10.5. The highest BCUT2D eigenvalue weighted by atomic mass is 32.1. The molecule has 0 spiro atoms. The lowest BCUT2D eigenvalue weighted by molar-refractivity contribution is 0.811. The van der Waals surface area contributed by atoms with Crippen LogP contribution < -0.4 is 10.6 Å². The van der Waals surface area contributed by atoms with Crippen LogP contribution in [-0.2, 0) is 6.42 Å². The highest BCUT2D eigenvalue weighted by molar-refractivity contribution is 7.80. The molecule has 1 aliphatic carbocycles. The Balaban J connectivity index is 1.63. The molecular weight excluding hydrogens is 206 g/mol. The number of rotatable bonds is 4. The average molecular weight is 221 g/mol. The summed E-state index contributed by atoms with van der Waals surface area (Å²) in [6.07, 6.45) is 7.12. The molecule has 1 aromatic rings. The van der Waals surface area contributed by atoms with Crippen LogP contribution in [0.2, 0.25) is 0 Å². The Morgan fingerprint density at radius 1 is 1.40 bits per heavy atom. The highest BCUT2D eigenvalue weighted by Gasteiger charge is 2.21. The quantitative estimate of drug-likeness (QED) is 0.750. The third-order valence-corrected chi connectivity index (χ3v) is 2.62. The fourth-order valence-corrected chi connectivity index (χ4v) is 1.60. The number of hydrogen-bond donors (Lipinski definition) is 2. The molecule has 0 unspecified atom stereocenters. The Kier molecular flexibility index (Phi) is 3.50. The number of nitrogens with one attached hydrogen (secondary N) is 2. The van der Waals surface area contributed by atoms with Gasteiger partial charge in [0.2, 0.25) is 0 Å². The highest BCUT2D eigenvalue weighted by Crippen LogP contribution is 2.18. The van der Waals surface area contributed by atoms with Gasteiger partial charge >= 0.3 is 0 Å². The third-order valence-electron chi connectivity index (χ3n) is 2.36. The monoisotopic (exact) mass is 221 g/mol. The molecule has 2 N–H and O–H groups in total. The predicted molar refractivity (Wildman–Crippen MR) is 64.7 cm³/mol. The van der Waals surface area contributed by atoms with Gasteiger partial charge in [-0.2, -0.15) is 0 Å². The number of pyridine rings is 1. The van der Waals surface area contributed by atoms with Crippen molar-refractivity contribution in [2.24, 2.45) is 0 Å². The summed E-state index contributed by atoms with van der Waals surface area (Å²) >= 11 is 5.15. The summed E-state index contributed by atoms with van der Waals surface area (Å²) in [5, 5.41) is 7.23. The van der Waals surface area contributed by atoms with E-state index in [1.54, 1.807) is 0 Å². The molecule has 1 fully saturated rings. The molecule has 3 nitrogen and oxygen atoms in total. The summed E-state index contributed by atoms with van der Waals surface area (Å²) in [6, 6.07) is 4.68. The van der Waals surface area contributed by atoms with E-state index < -0.39 is 0 Å². The smallest absolute Gasteiger partial charge is 0.166 e. The van der Waals surface area contributed by atoms with Crippen molar-refractivity contribution in [1.82, 2.24) is 15.6 Å². The molecule has 15 heavy (non-hydrogen) atoms. The SMILES string of the molecule is S=C(NCCc1ccncc1)NC1CC1. The third kappa shape index (κ3) is 3.83. The zero-order valence-electron chi connectivity index (χ0n) is 8.57. The van der Waals surface area contributed by atoms with E-state index in [1.807, 2.05) is 24.5 Å². The molecule has 0 aliphatic heterocycles. The van der Waals surface area contributed by atoms with E-state index in [9.17, 15) is 0 Å². The average Bonchev–Trinajstić information content (AvgIpc) is 3.03. The molecule has 0 radical (unpaired) electrons. The van der Waals surface area contributed by atoms with Gasteiger partial charge in [0.05, 0.1) is 0 Å². The normalized spacial score (nSPS) is 14.7. The van der Waals surface area contributed by atoms with Crippen molar-refractivity contribution in [3.8, 4) is 0 Å². The number of aromatic nitrogens is 1. The zero-order valence-corrected chi connectivity index (χ0v) is 9.39. The standard InChI is InChI=1S/C11H15N3S/c15-11(14-10-1-2-10)13-8-5-9-3-6-12-7-4-9/h3-4,6-7,10H,1-2,5,8H2,(H2,13,14,15). The molecule has 1 aliphatic rings. The van der Waals surface area contributed by atoms with Gasteiger partial charge in [-0.25, -0.2) is 0 Å². The summed E-state index contributed by atoms with van der Waals surface area (Å²) < 4.78 is 0. The lowest BCUT2D eigenvalue weighted by atomic mass is 10.2. The van der Waals surface area contributed by atoms with Gasteiger partial charge in [-0.1, -0.05) is 0 Å². The second-order valence-electron chi connectivity index (χ2n) is 3.78. The van der Waals surface area contributed by atoms with Crippen LogP contribution in [0.1, 0.15) is 18.4 Å². The van der Waals surface area contributed by atoms with Crippen molar-refractivity contribution >= 4 is 17.3 Å². The summed E-state index contributed by atoms with van der Waals surface area (Å²) in [4.78, 5) is 3.98. The van der Waals surface area contributed by atoms with Crippen molar-refractivity contribution in [2.45, 2.75) is 25.3 Å². The predicted octanol–water partition coefficient (Wildman–Crippen LogP) is 1.25. The van der Waals surface area contributed by atoms with Crippen LogP contribution in [0.3, 0.4) is 0 Å². The number of nitrogens with zero attached hydrogens (tertiary/aromatic N) is 1. The van der Waals surface area contributed by atoms with Gasteiger partial charge in [0.25, 0.3) is 0 Å². The number of hydrogen-bond acceptors (Lipinski definition) is 2. The van der Waals surface area contributed by atoms with Crippen LogP contribution in [0.5, 0.6) is 0 Å². The molecule has 0 saturated heterocycles. The van der Waals surface area contributed by atoms with Crippen molar-refractivity contribution < 1.29 is 0 Å². The van der Waals surface area contributed by atoms with Gasteiger partial charge in [-0.05, 0) is 49.2 Å². The first-order valence-corrected chi connectivity index (χ1v) is 5.69. The van der Waals surface area contributed by atoms with Crippen LogP contribution in [0.4, 0.5) is 0 Å². The Hall–Kier alpha value is -1.16. The van der Waals surface area contributed by atoms with E-state index in [1.165, 1.54) is 18.4 Å². The summed E-state index contributed by atoms with van der Waals surface area (Å²) in [6.45, 7) is 0.878. The van der Waals surface area contributed by atoms with Crippen LogP contribution in [0, 0.1) is 0 Å². The van der Waals surface area contributed by atoms with E-state index in [0.29, 0.717) is 6.04 Å². The Morgan fingerprint density at radius 2 is 2.13 bits per heavy atom. The second kappa shape index (κ2) is 5.07. The van der Waals surface area contributed by atoms with Crippen molar-refractivity contribution in [3.05, 3.63) is 30.1 Å². The van der Waals surface area contributed by atoms with Crippen molar-refractivity contribution in [1.29, 1.82) is 0 Å². The minimum Gasteiger partial charge on any atom is -0.362 e. The maximum absolute atomic E-state index is 5.15. The minimum absolute atomic E-state index is 0.630. The van der Waals surface area contributed by atoms with Gasteiger partial charge in [0.15, 0.2) is 5.11 Å². The molecule has 2 rings (SSSR count). The van der Waals surface area contributed by atoms with Crippen LogP contribution in [0.15, 0.2) is 24.5 Å². The molecular formula is C11H15N3S. The summed E-state index contributed by atoms with van der Waals surface area (Å²) in [5.41, 5.74) is 1.28. The lowest BCUT2D eigenvalue weighted by Gasteiger charge is -2.09. The molecule has 0 bridgehead atoms. The molecule has 0 amide bonds. The van der Waals surface area contributed by atoms with Gasteiger partial charge in [0, 0.05) is 25.0 Å². The Morgan fingerprint density at radius 3 is 2.80 bits per heavy atom. The van der Waals surface area contributed by atoms with Crippen LogP contribution in [0.25, 0.3) is 0 Å². The van der Waals surface area contributed by atoms with Gasteiger partial charge in [-0.3, -0.25) is 4.98 Å². The van der Waals surface area contributed by atoms with Gasteiger partial charge < -0.3 is 10.6 Å². The maximum Gasteiger partial charge on any atom is 0.166 e. The first kappa shape index (κ1) is 10.4. The molecule has 1 aromatic heterocycles. The first-order chi connectivity index (χ1) is 7.34. The van der Waals surface area contributed by atoms with Crippen molar-refractivity contribution in [3.63, 3.8) is 0 Å². The summed E-state index contributed by atoms with van der Waals surface area (Å²) in [7, 11) is 0. The molecule has 4 heteroatoms. The Bertz CT molecular complexity index is 322. The van der Waals surface area contributed by atoms with E-state index in [4.69, 9.17) is 12.2 Å².